The molecule has 2 bridgehead atoms. The molecule has 0 N–H and O–H groups in total. The van der Waals surface area contributed by atoms with Crippen molar-refractivity contribution in [3.63, 3.8) is 0 Å². The first-order valence-corrected chi connectivity index (χ1v) is 9.64. The van der Waals surface area contributed by atoms with E-state index in [9.17, 15) is 14.4 Å². The molecule has 0 amide bonds. The average molecular weight is 402 g/mol. The summed E-state index contributed by atoms with van der Waals surface area (Å²) in [4.78, 5) is 39.1. The Labute approximate surface area is 163 Å². The van der Waals surface area contributed by atoms with Gasteiger partial charge in [0, 0.05) is 20.1 Å². The van der Waals surface area contributed by atoms with Crippen molar-refractivity contribution in [3.05, 3.63) is 12.2 Å². The SMILES string of the molecule is CCOC(=O)[C@H]1[C@H]2C=C[C@](OC)(C(=O)[C@@]2(CSOC)OC)[C@H]1C(=O)OCC. The number of ether oxygens (including phenoxy) is 4. The number of methoxy groups -OCH3 is 2. The lowest BCUT2D eigenvalue weighted by atomic mass is 9.53. The average Bonchev–Trinajstić information content (AvgIpc) is 2.67. The molecule has 0 radical (unpaired) electrons. The first kappa shape index (κ1) is 21.9. The van der Waals surface area contributed by atoms with Gasteiger partial charge in [-0.15, -0.1) is 0 Å². The monoisotopic (exact) mass is 402 g/mol. The lowest BCUT2D eigenvalue weighted by Gasteiger charge is -2.56. The van der Waals surface area contributed by atoms with Crippen LogP contribution < -0.4 is 0 Å². The number of fused-ring (bicyclic) bond motifs is 2. The van der Waals surface area contributed by atoms with Crippen LogP contribution in [0.3, 0.4) is 0 Å². The summed E-state index contributed by atoms with van der Waals surface area (Å²) in [5, 5.41) is 0. The quantitative estimate of drug-likeness (QED) is 0.320. The van der Waals surface area contributed by atoms with Gasteiger partial charge in [0.2, 0.25) is 5.78 Å². The van der Waals surface area contributed by atoms with Crippen molar-refractivity contribution in [1.82, 2.24) is 0 Å². The molecule has 0 aromatic heterocycles. The molecular weight excluding hydrogens is 376 g/mol. The van der Waals surface area contributed by atoms with E-state index >= 15 is 0 Å². The van der Waals surface area contributed by atoms with Crippen LogP contribution in [0.25, 0.3) is 0 Å². The molecule has 0 spiro atoms. The molecule has 3 aliphatic carbocycles. The van der Waals surface area contributed by atoms with Crippen molar-refractivity contribution >= 4 is 29.8 Å². The second-order valence-electron chi connectivity index (χ2n) is 6.24. The summed E-state index contributed by atoms with van der Waals surface area (Å²) < 4.78 is 26.7. The van der Waals surface area contributed by atoms with Gasteiger partial charge in [-0.25, -0.2) is 0 Å². The van der Waals surface area contributed by atoms with Crippen molar-refractivity contribution < 1.29 is 37.5 Å². The third-order valence-electron chi connectivity index (χ3n) is 5.23. The zero-order valence-corrected chi connectivity index (χ0v) is 17.0. The van der Waals surface area contributed by atoms with Gasteiger partial charge < -0.3 is 23.1 Å². The van der Waals surface area contributed by atoms with Crippen LogP contribution in [-0.2, 0) is 37.5 Å². The van der Waals surface area contributed by atoms with E-state index in [4.69, 9.17) is 23.1 Å². The van der Waals surface area contributed by atoms with Gasteiger partial charge in [0.05, 0.1) is 32.0 Å². The first-order chi connectivity index (χ1) is 12.9. The Bertz CT molecular complexity index is 620. The summed E-state index contributed by atoms with van der Waals surface area (Å²) in [5.74, 6) is -4.43. The zero-order valence-electron chi connectivity index (χ0n) is 16.2. The summed E-state index contributed by atoms with van der Waals surface area (Å²) in [5.41, 5.74) is -3.07. The van der Waals surface area contributed by atoms with Gasteiger partial charge in [-0.2, -0.15) is 0 Å². The summed E-state index contributed by atoms with van der Waals surface area (Å²) in [6, 6.07) is 0. The van der Waals surface area contributed by atoms with Gasteiger partial charge in [0.15, 0.2) is 5.60 Å². The predicted octanol–water partition coefficient (Wildman–Crippen LogP) is 1.18. The third-order valence-corrected chi connectivity index (χ3v) is 6.01. The molecule has 3 rings (SSSR count). The molecule has 0 unspecified atom stereocenters. The number of hydrogen-bond acceptors (Lipinski definition) is 9. The van der Waals surface area contributed by atoms with Crippen molar-refractivity contribution in [3.8, 4) is 0 Å². The molecule has 27 heavy (non-hydrogen) atoms. The standard InChI is InChI=1S/C18H26O8S/c1-6-25-14(19)12-11-8-9-17(22-3,13(12)15(20)26-7-2)16(21)18(11,23-4)10-27-24-5/h8-9,11-13H,6-7,10H2,1-5H3/t11-,12+,13-,17-,18+/m1/s1. The predicted molar refractivity (Wildman–Crippen MR) is 96.8 cm³/mol. The van der Waals surface area contributed by atoms with Gasteiger partial charge in [0.1, 0.15) is 11.5 Å². The first-order valence-electron chi connectivity index (χ1n) is 8.73. The molecule has 0 aromatic rings. The maximum atomic E-state index is 13.5. The zero-order chi connectivity index (χ0) is 20.2. The van der Waals surface area contributed by atoms with Crippen LogP contribution in [0.15, 0.2) is 12.2 Å². The molecule has 3 aliphatic rings. The lowest BCUT2D eigenvalue weighted by molar-refractivity contribution is -0.207. The van der Waals surface area contributed by atoms with E-state index in [1.807, 2.05) is 0 Å². The van der Waals surface area contributed by atoms with Crippen molar-refractivity contribution in [2.75, 3.05) is 40.3 Å². The third kappa shape index (κ3) is 3.30. The molecule has 9 heteroatoms. The molecule has 1 fully saturated rings. The van der Waals surface area contributed by atoms with E-state index in [0.717, 1.165) is 12.0 Å². The summed E-state index contributed by atoms with van der Waals surface area (Å²) in [6.07, 6.45) is 3.23. The Morgan fingerprint density at radius 2 is 1.70 bits per heavy atom. The number of ketones is 1. The largest absolute Gasteiger partial charge is 0.466 e. The molecule has 0 aromatic carbocycles. The molecule has 8 nitrogen and oxygen atoms in total. The highest BCUT2D eigenvalue weighted by molar-refractivity contribution is 7.94. The van der Waals surface area contributed by atoms with E-state index in [0.29, 0.717) is 0 Å². The normalized spacial score (nSPS) is 34.6. The molecule has 5 atom stereocenters. The maximum absolute atomic E-state index is 13.5. The van der Waals surface area contributed by atoms with Crippen molar-refractivity contribution in [1.29, 1.82) is 0 Å². The summed E-state index contributed by atoms with van der Waals surface area (Å²) in [6.45, 7) is 3.59. The molecule has 1 saturated carbocycles. The molecule has 0 aliphatic heterocycles. The minimum Gasteiger partial charge on any atom is -0.466 e. The van der Waals surface area contributed by atoms with Crippen LogP contribution >= 0.6 is 12.0 Å². The Balaban J connectivity index is 2.64. The highest BCUT2D eigenvalue weighted by Crippen LogP contribution is 2.54. The number of carbonyl (C=O) groups is 3. The smallest absolute Gasteiger partial charge is 0.313 e. The minimum atomic E-state index is -1.68. The van der Waals surface area contributed by atoms with Crippen LogP contribution in [0, 0.1) is 17.8 Å². The topological polar surface area (TPSA) is 97.4 Å². The highest BCUT2D eigenvalue weighted by atomic mass is 32.2. The van der Waals surface area contributed by atoms with Crippen molar-refractivity contribution in [2.24, 2.45) is 17.8 Å². The fourth-order valence-corrected chi connectivity index (χ4v) is 4.78. The number of esters is 2. The van der Waals surface area contributed by atoms with Gasteiger partial charge in [-0.3, -0.25) is 14.4 Å². The summed E-state index contributed by atoms with van der Waals surface area (Å²) in [7, 11) is 4.20. The Morgan fingerprint density at radius 1 is 1.07 bits per heavy atom. The Hall–Kier alpha value is -1.42. The Kier molecular flexibility index (Phi) is 7.07. The van der Waals surface area contributed by atoms with Crippen LogP contribution in [0.5, 0.6) is 0 Å². The van der Waals surface area contributed by atoms with E-state index in [1.165, 1.54) is 27.4 Å². The van der Waals surface area contributed by atoms with E-state index in [1.54, 1.807) is 19.9 Å². The van der Waals surface area contributed by atoms with E-state index in [2.05, 4.69) is 0 Å². The maximum Gasteiger partial charge on any atom is 0.313 e. The van der Waals surface area contributed by atoms with Crippen LogP contribution in [-0.4, -0.2) is 69.2 Å². The fraction of sp³-hybridized carbons (Fsp3) is 0.722. The Morgan fingerprint density at radius 3 is 2.22 bits per heavy atom. The van der Waals surface area contributed by atoms with Gasteiger partial charge in [0.25, 0.3) is 0 Å². The van der Waals surface area contributed by atoms with E-state index in [-0.39, 0.29) is 19.0 Å². The fourth-order valence-electron chi connectivity index (χ4n) is 4.05. The molecule has 0 saturated heterocycles. The number of hydrogen-bond donors (Lipinski definition) is 0. The number of carbonyl (C=O) groups excluding carboxylic acids is 3. The highest BCUT2D eigenvalue weighted by Gasteiger charge is 2.72. The van der Waals surface area contributed by atoms with Crippen LogP contribution in [0.1, 0.15) is 13.8 Å². The van der Waals surface area contributed by atoms with Gasteiger partial charge in [-0.1, -0.05) is 6.08 Å². The number of rotatable bonds is 9. The molecule has 0 heterocycles. The molecular formula is C18H26O8S. The second-order valence-corrected chi connectivity index (χ2v) is 7.10. The van der Waals surface area contributed by atoms with Crippen LogP contribution in [0.4, 0.5) is 0 Å². The lowest BCUT2D eigenvalue weighted by Crippen LogP contribution is -2.74. The van der Waals surface area contributed by atoms with Crippen molar-refractivity contribution in [2.45, 2.75) is 25.0 Å². The van der Waals surface area contributed by atoms with E-state index < -0.39 is 46.7 Å². The van der Waals surface area contributed by atoms with Gasteiger partial charge in [-0.05, 0) is 32.0 Å². The second kappa shape index (κ2) is 8.72. The number of Topliss-reactive ketones (excluding diaryl/α,β-unsaturated/α-hetero) is 1. The molecule has 152 valence electrons. The minimum absolute atomic E-state index is 0.113. The summed E-state index contributed by atoms with van der Waals surface area (Å²) >= 11 is 1.03. The van der Waals surface area contributed by atoms with Crippen LogP contribution in [0.2, 0.25) is 0 Å². The van der Waals surface area contributed by atoms with Gasteiger partial charge >= 0.3 is 11.9 Å².